The first-order valence-electron chi connectivity index (χ1n) is 9.36. The van der Waals surface area contributed by atoms with Gasteiger partial charge in [0, 0.05) is 41.2 Å². The van der Waals surface area contributed by atoms with Gasteiger partial charge >= 0.3 is 0 Å². The van der Waals surface area contributed by atoms with E-state index in [9.17, 15) is 18.3 Å². The molecule has 0 aliphatic rings. The van der Waals surface area contributed by atoms with Crippen LogP contribution in [0.5, 0.6) is 0 Å². The first-order chi connectivity index (χ1) is 14.2. The number of aromatic nitrogens is 2. The van der Waals surface area contributed by atoms with Gasteiger partial charge in [0.2, 0.25) is 0 Å². The van der Waals surface area contributed by atoms with Crippen LogP contribution in [0.1, 0.15) is 19.4 Å². The fourth-order valence-electron chi connectivity index (χ4n) is 3.55. The van der Waals surface area contributed by atoms with Crippen molar-refractivity contribution in [2.75, 3.05) is 12.4 Å². The number of nitrogens with one attached hydrogen (secondary N) is 1. The molecule has 0 unspecified atom stereocenters. The van der Waals surface area contributed by atoms with Crippen LogP contribution in [-0.4, -0.2) is 21.5 Å². The minimum absolute atomic E-state index is 0.0631. The van der Waals surface area contributed by atoms with Crippen LogP contribution in [0.15, 0.2) is 54.9 Å². The van der Waals surface area contributed by atoms with Gasteiger partial charge in [-0.3, -0.25) is 4.40 Å². The third-order valence-electron chi connectivity index (χ3n) is 5.08. The van der Waals surface area contributed by atoms with E-state index >= 15 is 0 Å². The Hall–Kier alpha value is -3.32. The number of halogens is 3. The number of nitrogens with zero attached hydrogens (tertiary/aromatic N) is 2. The zero-order chi connectivity index (χ0) is 21.6. The van der Waals surface area contributed by atoms with Crippen molar-refractivity contribution in [3.8, 4) is 22.4 Å². The summed E-state index contributed by atoms with van der Waals surface area (Å²) >= 11 is 0. The summed E-state index contributed by atoms with van der Waals surface area (Å²) < 4.78 is 44.7. The highest BCUT2D eigenvalue weighted by Gasteiger charge is 2.24. The SMILES string of the molecule is CNc1cc(F)ccc1-c1cc(-c2cnc3c(F)c(C(C)(C)O)ccn23)ccc1F. The lowest BCUT2D eigenvalue weighted by Crippen LogP contribution is -2.18. The molecule has 4 rings (SSSR count). The summed E-state index contributed by atoms with van der Waals surface area (Å²) in [5.41, 5.74) is 1.24. The molecule has 2 aromatic carbocycles. The molecular weight excluding hydrogens is 391 g/mol. The van der Waals surface area contributed by atoms with Gasteiger partial charge in [0.1, 0.15) is 11.6 Å². The maximum atomic E-state index is 14.9. The maximum Gasteiger partial charge on any atom is 0.174 e. The van der Waals surface area contributed by atoms with Crippen molar-refractivity contribution in [3.05, 3.63) is 77.9 Å². The van der Waals surface area contributed by atoms with Crippen LogP contribution in [0.3, 0.4) is 0 Å². The number of benzene rings is 2. The lowest BCUT2D eigenvalue weighted by Gasteiger charge is -2.18. The van der Waals surface area contributed by atoms with E-state index in [4.69, 9.17) is 0 Å². The molecule has 0 saturated carbocycles. The third-order valence-corrected chi connectivity index (χ3v) is 5.08. The van der Waals surface area contributed by atoms with E-state index in [1.54, 1.807) is 29.8 Å². The number of pyridine rings is 1. The number of hydrogen-bond acceptors (Lipinski definition) is 3. The molecule has 0 saturated heterocycles. The van der Waals surface area contributed by atoms with Gasteiger partial charge in [0.25, 0.3) is 0 Å². The second-order valence-corrected chi connectivity index (χ2v) is 7.57. The molecule has 0 fully saturated rings. The summed E-state index contributed by atoms with van der Waals surface area (Å²) in [5.74, 6) is -1.51. The standard InChI is InChI=1S/C23H20F3N3O/c1-23(2,30)17-8-9-29-20(12-28-22(29)21(17)26)13-4-7-18(25)16(10-13)15-6-5-14(24)11-19(15)27-3/h4-12,27,30H,1-3H3. The summed E-state index contributed by atoms with van der Waals surface area (Å²) in [5, 5.41) is 13.0. The van der Waals surface area contributed by atoms with Crippen LogP contribution < -0.4 is 5.32 Å². The molecule has 0 atom stereocenters. The quantitative estimate of drug-likeness (QED) is 0.476. The Kier molecular flexibility index (Phi) is 4.78. The van der Waals surface area contributed by atoms with Crippen molar-refractivity contribution in [3.63, 3.8) is 0 Å². The van der Waals surface area contributed by atoms with Gasteiger partial charge in [-0.05, 0) is 56.3 Å². The Morgan fingerprint density at radius 2 is 1.77 bits per heavy atom. The maximum absolute atomic E-state index is 14.9. The molecular formula is C23H20F3N3O. The monoisotopic (exact) mass is 411 g/mol. The van der Waals surface area contributed by atoms with E-state index < -0.39 is 23.1 Å². The zero-order valence-corrected chi connectivity index (χ0v) is 16.7. The number of aliphatic hydroxyl groups is 1. The second kappa shape index (κ2) is 7.18. The molecule has 0 aliphatic heterocycles. The summed E-state index contributed by atoms with van der Waals surface area (Å²) in [6.45, 7) is 3.00. The molecule has 4 nitrogen and oxygen atoms in total. The largest absolute Gasteiger partial charge is 0.388 e. The molecule has 0 radical (unpaired) electrons. The molecule has 0 spiro atoms. The van der Waals surface area contributed by atoms with E-state index in [1.807, 2.05) is 0 Å². The van der Waals surface area contributed by atoms with Gasteiger partial charge in [0.05, 0.1) is 17.5 Å². The summed E-state index contributed by atoms with van der Waals surface area (Å²) in [6, 6.07) is 10.1. The van der Waals surface area contributed by atoms with E-state index in [2.05, 4.69) is 10.3 Å². The highest BCUT2D eigenvalue weighted by molar-refractivity contribution is 5.81. The lowest BCUT2D eigenvalue weighted by molar-refractivity contribution is 0.0746. The van der Waals surface area contributed by atoms with Gasteiger partial charge in [-0.2, -0.15) is 0 Å². The van der Waals surface area contributed by atoms with Gasteiger partial charge in [0.15, 0.2) is 11.5 Å². The van der Waals surface area contributed by atoms with E-state index in [1.165, 1.54) is 50.4 Å². The van der Waals surface area contributed by atoms with Crippen LogP contribution in [-0.2, 0) is 5.60 Å². The normalized spacial score (nSPS) is 11.8. The number of fused-ring (bicyclic) bond motifs is 1. The van der Waals surface area contributed by atoms with Gasteiger partial charge < -0.3 is 10.4 Å². The molecule has 7 heteroatoms. The van der Waals surface area contributed by atoms with Gasteiger partial charge in [-0.25, -0.2) is 18.2 Å². The third kappa shape index (κ3) is 3.31. The van der Waals surface area contributed by atoms with Crippen molar-refractivity contribution in [1.29, 1.82) is 0 Å². The molecule has 2 aromatic heterocycles. The second-order valence-electron chi connectivity index (χ2n) is 7.57. The molecule has 2 N–H and O–H groups in total. The molecule has 0 aliphatic carbocycles. The van der Waals surface area contributed by atoms with Crippen molar-refractivity contribution in [1.82, 2.24) is 9.38 Å². The molecule has 0 amide bonds. The Balaban J connectivity index is 1.88. The highest BCUT2D eigenvalue weighted by atomic mass is 19.1. The Labute approximate surface area is 171 Å². The van der Waals surface area contributed by atoms with E-state index in [0.717, 1.165) is 0 Å². The lowest BCUT2D eigenvalue weighted by atomic mass is 9.98. The van der Waals surface area contributed by atoms with E-state index in [0.29, 0.717) is 22.5 Å². The van der Waals surface area contributed by atoms with Gasteiger partial charge in [-0.1, -0.05) is 0 Å². The van der Waals surface area contributed by atoms with E-state index in [-0.39, 0.29) is 16.8 Å². The predicted molar refractivity (Wildman–Crippen MR) is 111 cm³/mol. The average Bonchev–Trinajstić information content (AvgIpc) is 3.13. The Morgan fingerprint density at radius 3 is 2.47 bits per heavy atom. The molecule has 30 heavy (non-hydrogen) atoms. The predicted octanol–water partition coefficient (Wildman–Crippen LogP) is 5.35. The number of rotatable bonds is 4. The minimum Gasteiger partial charge on any atom is -0.388 e. The fraction of sp³-hybridized carbons (Fsp3) is 0.174. The zero-order valence-electron chi connectivity index (χ0n) is 16.7. The Morgan fingerprint density at radius 1 is 1.00 bits per heavy atom. The molecule has 0 bridgehead atoms. The molecule has 2 heterocycles. The summed E-state index contributed by atoms with van der Waals surface area (Å²) in [6.07, 6.45) is 3.11. The summed E-state index contributed by atoms with van der Waals surface area (Å²) in [4.78, 5) is 4.16. The van der Waals surface area contributed by atoms with Crippen LogP contribution in [0.25, 0.3) is 28.0 Å². The summed E-state index contributed by atoms with van der Waals surface area (Å²) in [7, 11) is 1.63. The van der Waals surface area contributed by atoms with Crippen LogP contribution in [0.4, 0.5) is 18.9 Å². The minimum atomic E-state index is -1.35. The van der Waals surface area contributed by atoms with Crippen molar-refractivity contribution >= 4 is 11.3 Å². The number of anilines is 1. The van der Waals surface area contributed by atoms with Gasteiger partial charge in [-0.15, -0.1) is 0 Å². The Bertz CT molecular complexity index is 1260. The first kappa shape index (κ1) is 20.0. The highest BCUT2D eigenvalue weighted by Crippen LogP contribution is 2.35. The van der Waals surface area contributed by atoms with Crippen LogP contribution in [0, 0.1) is 17.5 Å². The fourth-order valence-corrected chi connectivity index (χ4v) is 3.55. The number of hydrogen-bond donors (Lipinski definition) is 2. The first-order valence-corrected chi connectivity index (χ1v) is 9.36. The topological polar surface area (TPSA) is 49.6 Å². The van der Waals surface area contributed by atoms with Crippen molar-refractivity contribution in [2.24, 2.45) is 0 Å². The molecule has 4 aromatic rings. The smallest absolute Gasteiger partial charge is 0.174 e. The number of imidazole rings is 1. The van der Waals surface area contributed by atoms with Crippen molar-refractivity contribution in [2.45, 2.75) is 19.4 Å². The molecule has 154 valence electrons. The average molecular weight is 411 g/mol. The van der Waals surface area contributed by atoms with Crippen molar-refractivity contribution < 1.29 is 18.3 Å². The van der Waals surface area contributed by atoms with Crippen LogP contribution in [0.2, 0.25) is 0 Å². The van der Waals surface area contributed by atoms with Crippen LogP contribution >= 0.6 is 0 Å².